The normalized spacial score (nSPS) is 19.1. The zero-order chi connectivity index (χ0) is 12.5. The summed E-state index contributed by atoms with van der Waals surface area (Å²) in [6.07, 6.45) is 2.26. The molecule has 0 bridgehead atoms. The Hall–Kier alpha value is -1.15. The first kappa shape index (κ1) is 12.3. The van der Waals surface area contributed by atoms with Crippen molar-refractivity contribution in [3.63, 3.8) is 0 Å². The van der Waals surface area contributed by atoms with Gasteiger partial charge >= 0.3 is 0 Å². The van der Waals surface area contributed by atoms with Crippen LogP contribution < -0.4 is 0 Å². The summed E-state index contributed by atoms with van der Waals surface area (Å²) in [4.78, 5) is 23.3. The molecule has 0 saturated heterocycles. The zero-order valence-electron chi connectivity index (χ0n) is 9.83. The summed E-state index contributed by atoms with van der Waals surface area (Å²) in [5.74, 6) is 0.406. The Bertz CT molecular complexity index is 438. The third kappa shape index (κ3) is 2.27. The van der Waals surface area contributed by atoms with Gasteiger partial charge < -0.3 is 0 Å². The van der Waals surface area contributed by atoms with Gasteiger partial charge in [0.15, 0.2) is 0 Å². The molecule has 1 aromatic rings. The van der Waals surface area contributed by atoms with Gasteiger partial charge in [-0.15, -0.1) is 0 Å². The maximum Gasteiger partial charge on any atom is 0.140 e. The molecule has 3 heteroatoms. The molecule has 0 heterocycles. The van der Waals surface area contributed by atoms with E-state index in [2.05, 4.69) is 0 Å². The number of ketones is 2. The summed E-state index contributed by atoms with van der Waals surface area (Å²) in [5, 5.41) is 0.666. The molecule has 0 radical (unpaired) electrons. The third-order valence-corrected chi connectivity index (χ3v) is 3.98. The lowest BCUT2D eigenvalue weighted by Crippen LogP contribution is -2.38. The number of hydrogen-bond donors (Lipinski definition) is 0. The Balaban J connectivity index is 2.38. The molecule has 17 heavy (non-hydrogen) atoms. The third-order valence-electron chi connectivity index (χ3n) is 3.73. The average Bonchev–Trinajstić information content (AvgIpc) is 2.31. The minimum Gasteiger partial charge on any atom is -0.300 e. The van der Waals surface area contributed by atoms with Crippen LogP contribution in [0, 0.1) is 0 Å². The van der Waals surface area contributed by atoms with E-state index in [0.29, 0.717) is 30.7 Å². The minimum absolute atomic E-state index is 0.146. The highest BCUT2D eigenvalue weighted by Gasteiger charge is 2.40. The van der Waals surface area contributed by atoms with Crippen LogP contribution in [-0.4, -0.2) is 11.6 Å². The molecule has 0 unspecified atom stereocenters. The molecule has 1 saturated carbocycles. The van der Waals surface area contributed by atoms with Crippen molar-refractivity contribution < 1.29 is 9.59 Å². The fourth-order valence-corrected chi connectivity index (χ4v) is 2.69. The molecular weight excluding hydrogens is 236 g/mol. The van der Waals surface area contributed by atoms with Gasteiger partial charge in [-0.2, -0.15) is 0 Å². The largest absolute Gasteiger partial charge is 0.300 e. The second-order valence-corrected chi connectivity index (χ2v) is 5.12. The van der Waals surface area contributed by atoms with Gasteiger partial charge in [0.2, 0.25) is 0 Å². The van der Waals surface area contributed by atoms with Crippen molar-refractivity contribution in [1.82, 2.24) is 0 Å². The second-order valence-electron chi connectivity index (χ2n) is 4.68. The standard InChI is InChI=1S/C14H15ClO2/c1-10(16)14(8-6-13(17)7-9-14)11-2-4-12(15)5-3-11/h2-5H,6-9H2,1H3. The first-order valence-corrected chi connectivity index (χ1v) is 6.21. The molecule has 0 aliphatic heterocycles. The van der Waals surface area contributed by atoms with Gasteiger partial charge in [0.25, 0.3) is 0 Å². The quantitative estimate of drug-likeness (QED) is 0.807. The van der Waals surface area contributed by atoms with Gasteiger partial charge in [0, 0.05) is 17.9 Å². The number of hydrogen-bond acceptors (Lipinski definition) is 2. The number of rotatable bonds is 2. The molecule has 90 valence electrons. The zero-order valence-corrected chi connectivity index (χ0v) is 10.6. The predicted octanol–water partition coefficient (Wildman–Crippen LogP) is 3.31. The summed E-state index contributed by atoms with van der Waals surface area (Å²) in [5.41, 5.74) is 0.514. The molecule has 0 atom stereocenters. The van der Waals surface area contributed by atoms with E-state index in [1.54, 1.807) is 19.1 Å². The van der Waals surface area contributed by atoms with Crippen LogP contribution in [0.25, 0.3) is 0 Å². The number of Topliss-reactive ketones (excluding diaryl/α,β-unsaturated/α-hetero) is 2. The van der Waals surface area contributed by atoms with Crippen LogP contribution in [0.3, 0.4) is 0 Å². The predicted molar refractivity (Wildman–Crippen MR) is 67.3 cm³/mol. The summed E-state index contributed by atoms with van der Waals surface area (Å²) in [6, 6.07) is 7.41. The molecule has 1 aliphatic carbocycles. The van der Waals surface area contributed by atoms with Crippen molar-refractivity contribution in [3.05, 3.63) is 34.9 Å². The molecule has 0 amide bonds. The van der Waals surface area contributed by atoms with Gasteiger partial charge in [-0.05, 0) is 37.5 Å². The number of halogens is 1. The summed E-state index contributed by atoms with van der Waals surface area (Å²) in [6.45, 7) is 1.62. The van der Waals surface area contributed by atoms with Crippen molar-refractivity contribution in [1.29, 1.82) is 0 Å². The summed E-state index contributed by atoms with van der Waals surface area (Å²) >= 11 is 5.86. The van der Waals surface area contributed by atoms with E-state index in [9.17, 15) is 9.59 Å². The van der Waals surface area contributed by atoms with E-state index in [0.717, 1.165) is 5.56 Å². The monoisotopic (exact) mass is 250 g/mol. The molecule has 0 N–H and O–H groups in total. The molecule has 0 aromatic heterocycles. The molecule has 1 aliphatic rings. The van der Waals surface area contributed by atoms with Crippen LogP contribution in [-0.2, 0) is 15.0 Å². The first-order chi connectivity index (χ1) is 8.04. The number of carbonyl (C=O) groups is 2. The molecule has 0 spiro atoms. The van der Waals surface area contributed by atoms with E-state index >= 15 is 0 Å². The first-order valence-electron chi connectivity index (χ1n) is 5.83. The van der Waals surface area contributed by atoms with Crippen LogP contribution >= 0.6 is 11.6 Å². The SMILES string of the molecule is CC(=O)C1(c2ccc(Cl)cc2)CCC(=O)CC1. The van der Waals surface area contributed by atoms with Crippen molar-refractivity contribution in [2.24, 2.45) is 0 Å². The highest BCUT2D eigenvalue weighted by Crippen LogP contribution is 2.39. The molecule has 1 fully saturated rings. The highest BCUT2D eigenvalue weighted by atomic mass is 35.5. The molecule has 1 aromatic carbocycles. The Morgan fingerprint density at radius 1 is 1.18 bits per heavy atom. The molecule has 2 nitrogen and oxygen atoms in total. The Morgan fingerprint density at radius 2 is 1.71 bits per heavy atom. The van der Waals surface area contributed by atoms with Crippen molar-refractivity contribution in [2.75, 3.05) is 0 Å². The number of carbonyl (C=O) groups excluding carboxylic acids is 2. The van der Waals surface area contributed by atoms with Gasteiger partial charge in [-0.1, -0.05) is 23.7 Å². The van der Waals surface area contributed by atoms with E-state index in [-0.39, 0.29) is 11.6 Å². The fourth-order valence-electron chi connectivity index (χ4n) is 2.57. The van der Waals surface area contributed by atoms with E-state index < -0.39 is 5.41 Å². The lowest BCUT2D eigenvalue weighted by molar-refractivity contribution is -0.127. The van der Waals surface area contributed by atoms with Crippen LogP contribution in [0.5, 0.6) is 0 Å². The molecular formula is C14H15ClO2. The highest BCUT2D eigenvalue weighted by molar-refractivity contribution is 6.30. The van der Waals surface area contributed by atoms with Crippen molar-refractivity contribution >= 4 is 23.2 Å². The maximum atomic E-state index is 12.0. The van der Waals surface area contributed by atoms with Crippen LogP contribution in [0.2, 0.25) is 5.02 Å². The Kier molecular flexibility index (Phi) is 3.34. The van der Waals surface area contributed by atoms with Crippen molar-refractivity contribution in [3.8, 4) is 0 Å². The minimum atomic E-state index is -0.474. The molecule has 2 rings (SSSR count). The van der Waals surface area contributed by atoms with Gasteiger partial charge in [0.05, 0.1) is 5.41 Å². The lowest BCUT2D eigenvalue weighted by Gasteiger charge is -2.35. The Morgan fingerprint density at radius 3 is 2.18 bits per heavy atom. The fraction of sp³-hybridized carbons (Fsp3) is 0.429. The van der Waals surface area contributed by atoms with Crippen LogP contribution in [0.15, 0.2) is 24.3 Å². The average molecular weight is 251 g/mol. The Labute approximate surface area is 106 Å². The second kappa shape index (κ2) is 4.61. The topological polar surface area (TPSA) is 34.1 Å². The van der Waals surface area contributed by atoms with E-state index in [1.165, 1.54) is 0 Å². The van der Waals surface area contributed by atoms with E-state index in [1.807, 2.05) is 12.1 Å². The van der Waals surface area contributed by atoms with Crippen LogP contribution in [0.4, 0.5) is 0 Å². The lowest BCUT2D eigenvalue weighted by atomic mass is 9.67. The van der Waals surface area contributed by atoms with Gasteiger partial charge in [-0.25, -0.2) is 0 Å². The number of benzene rings is 1. The summed E-state index contributed by atoms with van der Waals surface area (Å²) in [7, 11) is 0. The smallest absolute Gasteiger partial charge is 0.140 e. The maximum absolute atomic E-state index is 12.0. The van der Waals surface area contributed by atoms with E-state index in [4.69, 9.17) is 11.6 Å². The van der Waals surface area contributed by atoms with Crippen molar-refractivity contribution in [2.45, 2.75) is 38.0 Å². The van der Waals surface area contributed by atoms with Gasteiger partial charge in [-0.3, -0.25) is 9.59 Å². The van der Waals surface area contributed by atoms with Gasteiger partial charge in [0.1, 0.15) is 11.6 Å². The summed E-state index contributed by atoms with van der Waals surface area (Å²) < 4.78 is 0. The van der Waals surface area contributed by atoms with Crippen LogP contribution in [0.1, 0.15) is 38.2 Å².